The first kappa shape index (κ1) is 14.0. The summed E-state index contributed by atoms with van der Waals surface area (Å²) in [7, 11) is 1.88. The van der Waals surface area contributed by atoms with Crippen molar-refractivity contribution < 1.29 is 4.79 Å². The van der Waals surface area contributed by atoms with E-state index in [1.807, 2.05) is 18.5 Å². The first-order valence-electron chi connectivity index (χ1n) is 6.52. The fourth-order valence-electron chi connectivity index (χ4n) is 1.81. The number of rotatable bonds is 6. The molecule has 7 nitrogen and oxygen atoms in total. The smallest absolute Gasteiger partial charge is 0.255 e. The van der Waals surface area contributed by atoms with Gasteiger partial charge in [0.25, 0.3) is 5.91 Å². The predicted octanol–water partition coefficient (Wildman–Crippen LogP) is 0.614. The van der Waals surface area contributed by atoms with Crippen LogP contribution in [0.15, 0.2) is 24.7 Å². The van der Waals surface area contributed by atoms with Crippen molar-refractivity contribution in [3.63, 3.8) is 0 Å². The maximum Gasteiger partial charge on any atom is 0.255 e. The largest absolute Gasteiger partial charge is 0.370 e. The van der Waals surface area contributed by atoms with Crippen LogP contribution in [0.3, 0.4) is 0 Å². The second-order valence-electron chi connectivity index (χ2n) is 4.29. The number of amides is 1. The number of aryl methyl sites for hydroxylation is 1. The molecule has 20 heavy (non-hydrogen) atoms. The average molecular weight is 274 g/mol. The maximum atomic E-state index is 12.1. The van der Waals surface area contributed by atoms with Gasteiger partial charge in [-0.1, -0.05) is 0 Å². The molecule has 0 aliphatic carbocycles. The zero-order valence-corrected chi connectivity index (χ0v) is 11.6. The Hall–Kier alpha value is -2.44. The molecule has 0 aliphatic rings. The van der Waals surface area contributed by atoms with Crippen LogP contribution in [0.4, 0.5) is 5.82 Å². The Bertz CT molecular complexity index is 580. The van der Waals surface area contributed by atoms with E-state index in [9.17, 15) is 4.79 Å². The minimum Gasteiger partial charge on any atom is -0.370 e. The lowest BCUT2D eigenvalue weighted by Gasteiger charge is -2.09. The molecule has 0 fully saturated rings. The van der Waals surface area contributed by atoms with Gasteiger partial charge in [0, 0.05) is 32.8 Å². The van der Waals surface area contributed by atoms with Crippen molar-refractivity contribution in [1.29, 1.82) is 0 Å². The van der Waals surface area contributed by atoms with E-state index in [2.05, 4.69) is 25.8 Å². The number of nitrogens with one attached hydrogen (secondary N) is 2. The summed E-state index contributed by atoms with van der Waals surface area (Å²) in [4.78, 5) is 16.3. The Balaban J connectivity index is 1.93. The molecule has 0 aliphatic heterocycles. The van der Waals surface area contributed by atoms with Crippen molar-refractivity contribution in [2.75, 3.05) is 18.4 Å². The minimum atomic E-state index is -0.142. The second kappa shape index (κ2) is 6.65. The lowest BCUT2D eigenvalue weighted by molar-refractivity contribution is 0.0954. The lowest BCUT2D eigenvalue weighted by atomic mass is 10.2. The fourth-order valence-corrected chi connectivity index (χ4v) is 1.81. The molecule has 0 bridgehead atoms. The number of pyridine rings is 1. The molecular formula is C13H18N6O. The Labute approximate surface area is 117 Å². The van der Waals surface area contributed by atoms with Crippen molar-refractivity contribution in [2.45, 2.75) is 13.3 Å². The number of nitrogens with zero attached hydrogens (tertiary/aromatic N) is 4. The summed E-state index contributed by atoms with van der Waals surface area (Å²) in [5.41, 5.74) is 0.548. The van der Waals surface area contributed by atoms with E-state index < -0.39 is 0 Å². The van der Waals surface area contributed by atoms with Gasteiger partial charge in [0.1, 0.15) is 18.0 Å². The van der Waals surface area contributed by atoms with E-state index in [0.717, 1.165) is 12.4 Å². The van der Waals surface area contributed by atoms with E-state index in [0.29, 0.717) is 24.3 Å². The zero-order valence-electron chi connectivity index (χ0n) is 11.6. The molecular weight excluding hydrogens is 256 g/mol. The van der Waals surface area contributed by atoms with Crippen LogP contribution in [-0.2, 0) is 13.5 Å². The highest BCUT2D eigenvalue weighted by Crippen LogP contribution is 2.10. The van der Waals surface area contributed by atoms with Crippen LogP contribution in [0, 0.1) is 0 Å². The molecule has 0 spiro atoms. The quantitative estimate of drug-likeness (QED) is 0.806. The molecule has 1 amide bonds. The molecule has 0 radical (unpaired) electrons. The molecule has 0 atom stereocenters. The molecule has 2 aromatic rings. The molecule has 2 heterocycles. The number of aromatic nitrogens is 4. The average Bonchev–Trinajstić information content (AvgIpc) is 2.85. The highest BCUT2D eigenvalue weighted by atomic mass is 16.1. The molecule has 0 saturated carbocycles. The van der Waals surface area contributed by atoms with E-state index in [1.54, 1.807) is 24.7 Å². The lowest BCUT2D eigenvalue weighted by Crippen LogP contribution is -2.27. The molecule has 0 aromatic carbocycles. The van der Waals surface area contributed by atoms with E-state index in [1.165, 1.54) is 0 Å². The van der Waals surface area contributed by atoms with Gasteiger partial charge in [0.2, 0.25) is 0 Å². The number of hydrogen-bond acceptors (Lipinski definition) is 5. The number of hydrogen-bond donors (Lipinski definition) is 2. The van der Waals surface area contributed by atoms with Crippen molar-refractivity contribution in [1.82, 2.24) is 25.1 Å². The SMILES string of the molecule is CCNc1ncccc1C(=O)NCCc1nncn1C. The zero-order chi connectivity index (χ0) is 14.4. The van der Waals surface area contributed by atoms with Crippen molar-refractivity contribution >= 4 is 11.7 Å². The first-order valence-corrected chi connectivity index (χ1v) is 6.52. The van der Waals surface area contributed by atoms with Crippen LogP contribution < -0.4 is 10.6 Å². The molecule has 0 saturated heterocycles. The van der Waals surface area contributed by atoms with Crippen LogP contribution in [-0.4, -0.2) is 38.7 Å². The van der Waals surface area contributed by atoms with Gasteiger partial charge in [-0.15, -0.1) is 10.2 Å². The van der Waals surface area contributed by atoms with Crippen LogP contribution in [0.2, 0.25) is 0 Å². The van der Waals surface area contributed by atoms with Gasteiger partial charge in [-0.2, -0.15) is 0 Å². The monoisotopic (exact) mass is 274 g/mol. The third-order valence-corrected chi connectivity index (χ3v) is 2.84. The summed E-state index contributed by atoms with van der Waals surface area (Å²) in [5.74, 6) is 1.30. The number of anilines is 1. The van der Waals surface area contributed by atoms with Crippen molar-refractivity contribution in [2.24, 2.45) is 7.05 Å². The van der Waals surface area contributed by atoms with E-state index >= 15 is 0 Å². The molecule has 7 heteroatoms. The summed E-state index contributed by atoms with van der Waals surface area (Å²) in [6.45, 7) is 3.19. The molecule has 2 aromatic heterocycles. The summed E-state index contributed by atoms with van der Waals surface area (Å²) in [6.07, 6.45) is 3.94. The third-order valence-electron chi connectivity index (χ3n) is 2.84. The van der Waals surface area contributed by atoms with Crippen LogP contribution in [0.5, 0.6) is 0 Å². The normalized spacial score (nSPS) is 10.3. The number of carbonyl (C=O) groups is 1. The Kier molecular flexibility index (Phi) is 4.65. The first-order chi connectivity index (χ1) is 9.72. The topological polar surface area (TPSA) is 84.7 Å². The summed E-state index contributed by atoms with van der Waals surface area (Å²) < 4.78 is 1.83. The highest BCUT2D eigenvalue weighted by Gasteiger charge is 2.11. The Morgan fingerprint density at radius 1 is 1.45 bits per heavy atom. The summed E-state index contributed by atoms with van der Waals surface area (Å²) in [6, 6.07) is 3.50. The number of carbonyl (C=O) groups excluding carboxylic acids is 1. The van der Waals surface area contributed by atoms with Gasteiger partial charge in [0.05, 0.1) is 5.56 Å². The minimum absolute atomic E-state index is 0.142. The molecule has 2 N–H and O–H groups in total. The van der Waals surface area contributed by atoms with Gasteiger partial charge >= 0.3 is 0 Å². The molecule has 106 valence electrons. The predicted molar refractivity (Wildman–Crippen MR) is 75.4 cm³/mol. The van der Waals surface area contributed by atoms with Crippen molar-refractivity contribution in [3.05, 3.63) is 36.0 Å². The van der Waals surface area contributed by atoms with Gasteiger partial charge in [-0.3, -0.25) is 4.79 Å². The highest BCUT2D eigenvalue weighted by molar-refractivity contribution is 5.98. The fraction of sp³-hybridized carbons (Fsp3) is 0.385. The summed E-state index contributed by atoms with van der Waals surface area (Å²) >= 11 is 0. The maximum absolute atomic E-state index is 12.1. The van der Waals surface area contributed by atoms with Gasteiger partial charge in [-0.05, 0) is 19.1 Å². The molecule has 2 rings (SSSR count). The Morgan fingerprint density at radius 2 is 2.30 bits per heavy atom. The van der Waals surface area contributed by atoms with Gasteiger partial charge in [-0.25, -0.2) is 4.98 Å². The summed E-state index contributed by atoms with van der Waals surface area (Å²) in [5, 5.41) is 13.7. The Morgan fingerprint density at radius 3 is 3.00 bits per heavy atom. The molecule has 0 unspecified atom stereocenters. The second-order valence-corrected chi connectivity index (χ2v) is 4.29. The van der Waals surface area contributed by atoms with Gasteiger partial charge < -0.3 is 15.2 Å². The van der Waals surface area contributed by atoms with Gasteiger partial charge in [0.15, 0.2) is 0 Å². The van der Waals surface area contributed by atoms with E-state index in [4.69, 9.17) is 0 Å². The standard InChI is InChI=1S/C13H18N6O/c1-3-14-12-10(5-4-7-15-12)13(20)16-8-6-11-18-17-9-19(11)2/h4-5,7,9H,3,6,8H2,1-2H3,(H,14,15)(H,16,20). The van der Waals surface area contributed by atoms with Crippen LogP contribution in [0.25, 0.3) is 0 Å². The third kappa shape index (κ3) is 3.31. The van der Waals surface area contributed by atoms with E-state index in [-0.39, 0.29) is 5.91 Å². The van der Waals surface area contributed by atoms with Crippen LogP contribution >= 0.6 is 0 Å². The van der Waals surface area contributed by atoms with Crippen LogP contribution in [0.1, 0.15) is 23.1 Å². The van der Waals surface area contributed by atoms with Crippen molar-refractivity contribution in [3.8, 4) is 0 Å².